The van der Waals surface area contributed by atoms with E-state index in [1.165, 1.54) is 0 Å². The van der Waals surface area contributed by atoms with E-state index in [4.69, 9.17) is 10.5 Å². The SMILES string of the molecule is Nc1ccc(C(=O)Nc2ccc(OC3CCCCC3O)cc2)cc1. The van der Waals surface area contributed by atoms with Crippen molar-refractivity contribution in [3.8, 4) is 5.75 Å². The summed E-state index contributed by atoms with van der Waals surface area (Å²) in [5.41, 5.74) is 7.48. The van der Waals surface area contributed by atoms with Gasteiger partial charge in [-0.3, -0.25) is 4.79 Å². The molecule has 5 nitrogen and oxygen atoms in total. The molecule has 3 rings (SSSR count). The first-order valence-electron chi connectivity index (χ1n) is 8.23. The molecule has 1 saturated carbocycles. The molecule has 2 aromatic rings. The minimum atomic E-state index is -0.399. The van der Waals surface area contributed by atoms with Gasteiger partial charge in [0.15, 0.2) is 0 Å². The van der Waals surface area contributed by atoms with E-state index in [2.05, 4.69) is 5.32 Å². The number of amides is 1. The van der Waals surface area contributed by atoms with Crippen molar-refractivity contribution in [1.29, 1.82) is 0 Å². The van der Waals surface area contributed by atoms with Gasteiger partial charge < -0.3 is 20.9 Å². The number of nitrogens with two attached hydrogens (primary N) is 1. The van der Waals surface area contributed by atoms with Crippen LogP contribution in [-0.4, -0.2) is 23.2 Å². The Morgan fingerprint density at radius 1 is 1.04 bits per heavy atom. The molecule has 5 heteroatoms. The van der Waals surface area contributed by atoms with Crippen molar-refractivity contribution >= 4 is 17.3 Å². The summed E-state index contributed by atoms with van der Waals surface area (Å²) in [6.07, 6.45) is 3.25. The summed E-state index contributed by atoms with van der Waals surface area (Å²) in [6, 6.07) is 14.0. The number of rotatable bonds is 4. The fourth-order valence-corrected chi connectivity index (χ4v) is 2.84. The second-order valence-corrected chi connectivity index (χ2v) is 6.11. The van der Waals surface area contributed by atoms with E-state index in [-0.39, 0.29) is 12.0 Å². The van der Waals surface area contributed by atoms with Crippen molar-refractivity contribution in [1.82, 2.24) is 0 Å². The van der Waals surface area contributed by atoms with E-state index in [0.717, 1.165) is 25.7 Å². The van der Waals surface area contributed by atoms with Gasteiger partial charge in [0, 0.05) is 16.9 Å². The Morgan fingerprint density at radius 2 is 1.71 bits per heavy atom. The Kier molecular flexibility index (Phi) is 5.01. The van der Waals surface area contributed by atoms with Gasteiger partial charge in [-0.25, -0.2) is 0 Å². The van der Waals surface area contributed by atoms with E-state index in [1.807, 2.05) is 0 Å². The molecule has 0 radical (unpaired) electrons. The van der Waals surface area contributed by atoms with Gasteiger partial charge in [-0.15, -0.1) is 0 Å². The quantitative estimate of drug-likeness (QED) is 0.753. The molecule has 1 aliphatic rings. The maximum Gasteiger partial charge on any atom is 0.255 e. The predicted molar refractivity (Wildman–Crippen MR) is 94.1 cm³/mol. The van der Waals surface area contributed by atoms with Gasteiger partial charge >= 0.3 is 0 Å². The average molecular weight is 326 g/mol. The molecular weight excluding hydrogens is 304 g/mol. The molecule has 1 aliphatic carbocycles. The van der Waals surface area contributed by atoms with Gasteiger partial charge in [0.2, 0.25) is 0 Å². The van der Waals surface area contributed by atoms with Crippen LogP contribution in [0, 0.1) is 0 Å². The number of hydrogen-bond donors (Lipinski definition) is 3. The first-order chi connectivity index (χ1) is 11.6. The zero-order valence-electron chi connectivity index (χ0n) is 13.4. The highest BCUT2D eigenvalue weighted by Crippen LogP contribution is 2.25. The number of benzene rings is 2. The van der Waals surface area contributed by atoms with Crippen LogP contribution in [-0.2, 0) is 0 Å². The molecule has 1 fully saturated rings. The second kappa shape index (κ2) is 7.36. The molecule has 2 atom stereocenters. The fraction of sp³-hybridized carbons (Fsp3) is 0.316. The van der Waals surface area contributed by atoms with Crippen LogP contribution in [0.3, 0.4) is 0 Å². The number of ether oxygens (including phenoxy) is 1. The lowest BCUT2D eigenvalue weighted by atomic mass is 9.95. The van der Waals surface area contributed by atoms with Crippen LogP contribution in [0.15, 0.2) is 48.5 Å². The Balaban J connectivity index is 1.59. The van der Waals surface area contributed by atoms with E-state index in [1.54, 1.807) is 48.5 Å². The van der Waals surface area contributed by atoms with Crippen LogP contribution in [0.5, 0.6) is 5.75 Å². The van der Waals surface area contributed by atoms with Gasteiger partial charge in [0.1, 0.15) is 11.9 Å². The third kappa shape index (κ3) is 4.06. The van der Waals surface area contributed by atoms with Crippen molar-refractivity contribution < 1.29 is 14.6 Å². The van der Waals surface area contributed by atoms with Crippen LogP contribution in [0.4, 0.5) is 11.4 Å². The van der Waals surface area contributed by atoms with E-state index in [0.29, 0.717) is 22.7 Å². The summed E-state index contributed by atoms with van der Waals surface area (Å²) < 4.78 is 5.85. The lowest BCUT2D eigenvalue weighted by Crippen LogP contribution is -2.34. The molecule has 126 valence electrons. The molecular formula is C19H22N2O3. The summed E-state index contributed by atoms with van der Waals surface area (Å²) in [7, 11) is 0. The number of nitrogen functional groups attached to an aromatic ring is 1. The van der Waals surface area contributed by atoms with Gasteiger partial charge in [-0.05, 0) is 67.8 Å². The number of carbonyl (C=O) groups is 1. The molecule has 2 aromatic carbocycles. The third-order valence-corrected chi connectivity index (χ3v) is 4.24. The predicted octanol–water partition coefficient (Wildman–Crippen LogP) is 3.20. The molecule has 0 heterocycles. The monoisotopic (exact) mass is 326 g/mol. The molecule has 0 saturated heterocycles. The summed E-state index contributed by atoms with van der Waals surface area (Å²) in [5, 5.41) is 12.8. The highest BCUT2D eigenvalue weighted by Gasteiger charge is 2.24. The number of anilines is 2. The van der Waals surface area contributed by atoms with Crippen LogP contribution >= 0.6 is 0 Å². The van der Waals surface area contributed by atoms with Crippen LogP contribution in [0.25, 0.3) is 0 Å². The molecule has 0 spiro atoms. The number of aliphatic hydroxyl groups excluding tert-OH is 1. The van der Waals surface area contributed by atoms with Crippen LogP contribution in [0.2, 0.25) is 0 Å². The molecule has 0 aromatic heterocycles. The van der Waals surface area contributed by atoms with Crippen molar-refractivity contribution in [2.45, 2.75) is 37.9 Å². The molecule has 0 bridgehead atoms. The average Bonchev–Trinajstić information content (AvgIpc) is 2.59. The summed E-state index contributed by atoms with van der Waals surface area (Å²) >= 11 is 0. The highest BCUT2D eigenvalue weighted by molar-refractivity contribution is 6.04. The summed E-state index contributed by atoms with van der Waals surface area (Å²) in [5.74, 6) is 0.512. The second-order valence-electron chi connectivity index (χ2n) is 6.11. The third-order valence-electron chi connectivity index (χ3n) is 4.24. The van der Waals surface area contributed by atoms with Gasteiger partial charge in [-0.2, -0.15) is 0 Å². The number of aliphatic hydroxyl groups is 1. The van der Waals surface area contributed by atoms with Crippen molar-refractivity contribution in [3.63, 3.8) is 0 Å². The zero-order chi connectivity index (χ0) is 16.9. The van der Waals surface area contributed by atoms with Crippen molar-refractivity contribution in [2.75, 3.05) is 11.1 Å². The first-order valence-corrected chi connectivity index (χ1v) is 8.23. The van der Waals surface area contributed by atoms with Crippen molar-refractivity contribution in [2.24, 2.45) is 0 Å². The maximum atomic E-state index is 12.2. The standard InChI is InChI=1S/C19H22N2O3/c20-14-7-5-13(6-8-14)19(23)21-15-9-11-16(12-10-15)24-18-4-2-1-3-17(18)22/h5-12,17-18,22H,1-4,20H2,(H,21,23). The normalized spacial score (nSPS) is 20.4. The summed E-state index contributed by atoms with van der Waals surface area (Å²) in [4.78, 5) is 12.2. The van der Waals surface area contributed by atoms with Crippen molar-refractivity contribution in [3.05, 3.63) is 54.1 Å². The van der Waals surface area contributed by atoms with Crippen LogP contribution in [0.1, 0.15) is 36.0 Å². The van der Waals surface area contributed by atoms with E-state index >= 15 is 0 Å². The minimum absolute atomic E-state index is 0.144. The smallest absolute Gasteiger partial charge is 0.255 e. The Labute approximate surface area is 141 Å². The molecule has 1 amide bonds. The van der Waals surface area contributed by atoms with Gasteiger partial charge in [0.25, 0.3) is 5.91 Å². The fourth-order valence-electron chi connectivity index (χ4n) is 2.84. The maximum absolute atomic E-state index is 12.2. The number of carbonyl (C=O) groups excluding carboxylic acids is 1. The Bertz CT molecular complexity index is 683. The largest absolute Gasteiger partial charge is 0.488 e. The molecule has 2 unspecified atom stereocenters. The minimum Gasteiger partial charge on any atom is -0.488 e. The topological polar surface area (TPSA) is 84.6 Å². The highest BCUT2D eigenvalue weighted by atomic mass is 16.5. The first kappa shape index (κ1) is 16.3. The Morgan fingerprint density at radius 3 is 2.38 bits per heavy atom. The zero-order valence-corrected chi connectivity index (χ0v) is 13.4. The lowest BCUT2D eigenvalue weighted by molar-refractivity contribution is 0.00688. The number of nitrogens with one attached hydrogen (secondary N) is 1. The molecule has 0 aliphatic heterocycles. The number of hydrogen-bond acceptors (Lipinski definition) is 4. The van der Waals surface area contributed by atoms with Gasteiger partial charge in [0.05, 0.1) is 6.10 Å². The Hall–Kier alpha value is -2.53. The van der Waals surface area contributed by atoms with E-state index < -0.39 is 6.10 Å². The van der Waals surface area contributed by atoms with Crippen LogP contribution < -0.4 is 15.8 Å². The molecule has 24 heavy (non-hydrogen) atoms. The van der Waals surface area contributed by atoms with Gasteiger partial charge in [-0.1, -0.05) is 6.42 Å². The van der Waals surface area contributed by atoms with E-state index in [9.17, 15) is 9.90 Å². The molecule has 4 N–H and O–H groups in total. The lowest BCUT2D eigenvalue weighted by Gasteiger charge is -2.28. The summed E-state index contributed by atoms with van der Waals surface area (Å²) in [6.45, 7) is 0.